The summed E-state index contributed by atoms with van der Waals surface area (Å²) in [6.07, 6.45) is 14.0. The van der Waals surface area contributed by atoms with Crippen LogP contribution in [0.2, 0.25) is 0 Å². The van der Waals surface area contributed by atoms with E-state index in [1.54, 1.807) is 0 Å². The standard InChI is InChI=1S/C21H37NO2/c1-21(2,3)24-20(23)22-14-17-12-9-11-16-10-7-5-4-6-8-13-18(16)19(17)15-22/h16-19H,4-15H2,1-3H3. The van der Waals surface area contributed by atoms with Crippen molar-refractivity contribution in [3.8, 4) is 0 Å². The molecule has 2 saturated carbocycles. The van der Waals surface area contributed by atoms with E-state index in [0.717, 1.165) is 30.8 Å². The minimum absolute atomic E-state index is 0.0878. The van der Waals surface area contributed by atoms with Gasteiger partial charge in [-0.2, -0.15) is 0 Å². The van der Waals surface area contributed by atoms with Gasteiger partial charge in [-0.25, -0.2) is 4.79 Å². The van der Waals surface area contributed by atoms with Gasteiger partial charge in [-0.1, -0.05) is 51.4 Å². The third kappa shape index (κ3) is 4.46. The summed E-state index contributed by atoms with van der Waals surface area (Å²) >= 11 is 0. The van der Waals surface area contributed by atoms with Crippen LogP contribution in [0.3, 0.4) is 0 Å². The minimum Gasteiger partial charge on any atom is -0.444 e. The van der Waals surface area contributed by atoms with Gasteiger partial charge >= 0.3 is 6.09 Å². The normalized spacial score (nSPS) is 35.0. The number of carbonyl (C=O) groups is 1. The van der Waals surface area contributed by atoms with E-state index in [0.29, 0.717) is 5.92 Å². The summed E-state index contributed by atoms with van der Waals surface area (Å²) in [7, 11) is 0. The first-order chi connectivity index (χ1) is 11.4. The van der Waals surface area contributed by atoms with E-state index in [9.17, 15) is 4.79 Å². The Morgan fingerprint density at radius 1 is 0.792 bits per heavy atom. The van der Waals surface area contributed by atoms with Gasteiger partial charge in [0, 0.05) is 13.1 Å². The Kier molecular flexibility index (Phi) is 5.77. The molecular formula is C21H37NO2. The Labute approximate surface area is 148 Å². The highest BCUT2D eigenvalue weighted by Crippen LogP contribution is 2.46. The SMILES string of the molecule is CC(C)(C)OC(=O)N1CC2CCCC3CCCCCCCC3C2C1. The van der Waals surface area contributed by atoms with Crippen LogP contribution in [-0.4, -0.2) is 29.7 Å². The number of hydrogen-bond acceptors (Lipinski definition) is 2. The van der Waals surface area contributed by atoms with Crippen LogP contribution >= 0.6 is 0 Å². The molecule has 0 aromatic heterocycles. The summed E-state index contributed by atoms with van der Waals surface area (Å²) < 4.78 is 5.65. The van der Waals surface area contributed by atoms with Crippen molar-refractivity contribution in [1.29, 1.82) is 0 Å². The van der Waals surface area contributed by atoms with E-state index in [-0.39, 0.29) is 11.7 Å². The second-order valence-corrected chi connectivity index (χ2v) is 9.51. The van der Waals surface area contributed by atoms with Gasteiger partial charge in [0.15, 0.2) is 0 Å². The van der Waals surface area contributed by atoms with Crippen molar-refractivity contribution < 1.29 is 9.53 Å². The first-order valence-corrected chi connectivity index (χ1v) is 10.4. The first kappa shape index (κ1) is 18.1. The molecule has 0 bridgehead atoms. The highest BCUT2D eigenvalue weighted by Gasteiger charge is 2.44. The molecule has 3 heteroatoms. The van der Waals surface area contributed by atoms with Crippen molar-refractivity contribution in [1.82, 2.24) is 4.90 Å². The zero-order valence-corrected chi connectivity index (χ0v) is 16.1. The molecule has 4 unspecified atom stereocenters. The maximum atomic E-state index is 12.5. The molecule has 0 N–H and O–H groups in total. The minimum atomic E-state index is -0.386. The van der Waals surface area contributed by atoms with Crippen molar-refractivity contribution in [2.45, 2.75) is 90.6 Å². The number of likely N-dealkylation sites (tertiary alicyclic amines) is 1. The van der Waals surface area contributed by atoms with Crippen LogP contribution in [0.5, 0.6) is 0 Å². The molecule has 1 saturated heterocycles. The molecular weight excluding hydrogens is 298 g/mol. The van der Waals surface area contributed by atoms with Crippen molar-refractivity contribution in [2.24, 2.45) is 23.7 Å². The molecule has 0 spiro atoms. The van der Waals surface area contributed by atoms with Crippen molar-refractivity contribution in [3.63, 3.8) is 0 Å². The summed E-state index contributed by atoms with van der Waals surface area (Å²) in [6, 6.07) is 0. The maximum Gasteiger partial charge on any atom is 0.410 e. The molecule has 2 aliphatic carbocycles. The molecule has 4 atom stereocenters. The largest absolute Gasteiger partial charge is 0.444 e. The highest BCUT2D eigenvalue weighted by atomic mass is 16.6. The smallest absolute Gasteiger partial charge is 0.410 e. The van der Waals surface area contributed by atoms with Gasteiger partial charge in [-0.05, 0) is 57.3 Å². The molecule has 0 aromatic carbocycles. The zero-order chi connectivity index (χ0) is 17.2. The summed E-state index contributed by atoms with van der Waals surface area (Å²) in [6.45, 7) is 7.78. The Morgan fingerprint density at radius 2 is 1.42 bits per heavy atom. The van der Waals surface area contributed by atoms with E-state index in [1.807, 2.05) is 25.7 Å². The lowest BCUT2D eigenvalue weighted by atomic mass is 9.74. The molecule has 0 aromatic rings. The molecule has 1 amide bonds. The van der Waals surface area contributed by atoms with Gasteiger partial charge in [0.1, 0.15) is 5.60 Å². The fourth-order valence-corrected chi connectivity index (χ4v) is 5.49. The molecule has 138 valence electrons. The molecule has 1 aliphatic heterocycles. The number of fused-ring (bicyclic) bond motifs is 3. The summed E-state index contributed by atoms with van der Waals surface area (Å²) in [5, 5.41) is 0. The Bertz CT molecular complexity index is 428. The topological polar surface area (TPSA) is 29.5 Å². The van der Waals surface area contributed by atoms with Crippen LogP contribution in [0.4, 0.5) is 4.79 Å². The van der Waals surface area contributed by atoms with Crippen LogP contribution in [0.25, 0.3) is 0 Å². The Morgan fingerprint density at radius 3 is 2.17 bits per heavy atom. The van der Waals surface area contributed by atoms with Gasteiger partial charge in [0.25, 0.3) is 0 Å². The predicted molar refractivity (Wildman–Crippen MR) is 97.9 cm³/mol. The van der Waals surface area contributed by atoms with Gasteiger partial charge in [0.05, 0.1) is 0 Å². The number of rotatable bonds is 0. The lowest BCUT2D eigenvalue weighted by Crippen LogP contribution is -2.36. The zero-order valence-electron chi connectivity index (χ0n) is 16.1. The van der Waals surface area contributed by atoms with Gasteiger partial charge in [-0.15, -0.1) is 0 Å². The number of amides is 1. The van der Waals surface area contributed by atoms with Crippen molar-refractivity contribution >= 4 is 6.09 Å². The van der Waals surface area contributed by atoms with Crippen LogP contribution < -0.4 is 0 Å². The van der Waals surface area contributed by atoms with E-state index in [2.05, 4.69) is 0 Å². The predicted octanol–water partition coefficient (Wildman–Crippen LogP) is 5.63. The van der Waals surface area contributed by atoms with Crippen LogP contribution in [0.1, 0.15) is 85.0 Å². The molecule has 3 aliphatic rings. The fourth-order valence-electron chi connectivity index (χ4n) is 5.49. The van der Waals surface area contributed by atoms with Crippen LogP contribution in [-0.2, 0) is 4.74 Å². The molecule has 3 fully saturated rings. The van der Waals surface area contributed by atoms with Gasteiger partial charge in [-0.3, -0.25) is 0 Å². The molecule has 1 heterocycles. The van der Waals surface area contributed by atoms with Gasteiger partial charge in [0.2, 0.25) is 0 Å². The Balaban J connectivity index is 1.69. The van der Waals surface area contributed by atoms with Gasteiger partial charge < -0.3 is 9.64 Å². The summed E-state index contributed by atoms with van der Waals surface area (Å²) in [5.41, 5.74) is -0.386. The molecule has 24 heavy (non-hydrogen) atoms. The third-order valence-electron chi connectivity index (χ3n) is 6.56. The van der Waals surface area contributed by atoms with Crippen LogP contribution in [0, 0.1) is 23.7 Å². The lowest BCUT2D eigenvalue weighted by Gasteiger charge is -2.32. The highest BCUT2D eigenvalue weighted by molar-refractivity contribution is 5.68. The lowest BCUT2D eigenvalue weighted by molar-refractivity contribution is 0.0274. The van der Waals surface area contributed by atoms with Crippen molar-refractivity contribution in [3.05, 3.63) is 0 Å². The monoisotopic (exact) mass is 335 g/mol. The summed E-state index contributed by atoms with van der Waals surface area (Å²) in [5.74, 6) is 3.20. The average Bonchev–Trinajstić information content (AvgIpc) is 2.88. The molecule has 3 rings (SSSR count). The van der Waals surface area contributed by atoms with E-state index >= 15 is 0 Å². The fraction of sp³-hybridized carbons (Fsp3) is 0.952. The number of carbonyl (C=O) groups excluding carboxylic acids is 1. The Hall–Kier alpha value is -0.730. The third-order valence-corrected chi connectivity index (χ3v) is 6.56. The summed E-state index contributed by atoms with van der Waals surface area (Å²) in [4.78, 5) is 14.6. The maximum absolute atomic E-state index is 12.5. The van der Waals surface area contributed by atoms with E-state index in [1.165, 1.54) is 64.2 Å². The number of hydrogen-bond donors (Lipinski definition) is 0. The average molecular weight is 336 g/mol. The first-order valence-electron chi connectivity index (χ1n) is 10.4. The van der Waals surface area contributed by atoms with E-state index < -0.39 is 0 Å². The quantitative estimate of drug-likeness (QED) is 0.574. The molecule has 0 radical (unpaired) electrons. The van der Waals surface area contributed by atoms with E-state index in [4.69, 9.17) is 4.74 Å². The number of nitrogens with zero attached hydrogens (tertiary/aromatic N) is 1. The molecule has 3 nitrogen and oxygen atoms in total. The second kappa shape index (κ2) is 7.66. The van der Waals surface area contributed by atoms with Crippen LogP contribution in [0.15, 0.2) is 0 Å². The number of ether oxygens (including phenoxy) is 1. The second-order valence-electron chi connectivity index (χ2n) is 9.51. The van der Waals surface area contributed by atoms with Crippen molar-refractivity contribution in [2.75, 3.05) is 13.1 Å².